The fourth-order valence-electron chi connectivity index (χ4n) is 3.47. The average molecular weight is 429 g/mol. The van der Waals surface area contributed by atoms with Gasteiger partial charge in [0.2, 0.25) is 11.9 Å². The van der Waals surface area contributed by atoms with Gasteiger partial charge in [-0.15, -0.1) is 10.2 Å². The third kappa shape index (κ3) is 4.57. The highest BCUT2D eigenvalue weighted by atomic mass is 19.1. The number of nitrogens with one attached hydrogen (secondary N) is 2. The largest absolute Gasteiger partial charge is 0.493 e. The summed E-state index contributed by atoms with van der Waals surface area (Å²) in [6.07, 6.45) is 3.66. The van der Waals surface area contributed by atoms with Crippen LogP contribution in [0, 0.1) is 5.82 Å². The van der Waals surface area contributed by atoms with Crippen molar-refractivity contribution in [2.45, 2.75) is 13.0 Å². The van der Waals surface area contributed by atoms with Crippen molar-refractivity contribution in [3.05, 3.63) is 41.6 Å². The second-order valence-electron chi connectivity index (χ2n) is 7.25. The van der Waals surface area contributed by atoms with E-state index in [-0.39, 0.29) is 24.8 Å². The summed E-state index contributed by atoms with van der Waals surface area (Å²) in [4.78, 5) is 18.6. The van der Waals surface area contributed by atoms with Crippen LogP contribution >= 0.6 is 0 Å². The maximum absolute atomic E-state index is 14.4. The summed E-state index contributed by atoms with van der Waals surface area (Å²) in [6.45, 7) is 2.15. The zero-order chi connectivity index (χ0) is 21.8. The first-order valence-corrected chi connectivity index (χ1v) is 9.90. The number of ether oxygens (including phenoxy) is 2. The lowest BCUT2D eigenvalue weighted by Gasteiger charge is -2.16. The summed E-state index contributed by atoms with van der Waals surface area (Å²) in [7, 11) is 3.45. The number of hydrogen-bond donors (Lipinski definition) is 2. The molecule has 1 aliphatic heterocycles. The van der Waals surface area contributed by atoms with Crippen molar-refractivity contribution in [2.75, 3.05) is 51.1 Å². The molecule has 11 heteroatoms. The first kappa shape index (κ1) is 20.9. The molecule has 1 aliphatic rings. The summed E-state index contributed by atoms with van der Waals surface area (Å²) < 4.78 is 26.5. The molecule has 3 aromatic rings. The number of anilines is 2. The minimum absolute atomic E-state index is 0.199. The van der Waals surface area contributed by atoms with Gasteiger partial charge in [0.25, 0.3) is 0 Å². The van der Waals surface area contributed by atoms with Gasteiger partial charge in [-0.2, -0.15) is 0 Å². The highest BCUT2D eigenvalue weighted by Gasteiger charge is 2.20. The van der Waals surface area contributed by atoms with Crippen LogP contribution in [-0.4, -0.2) is 70.8 Å². The number of fused-ring (bicyclic) bond motifs is 2. The molecule has 1 amide bonds. The van der Waals surface area contributed by atoms with Crippen molar-refractivity contribution < 1.29 is 18.7 Å². The third-order valence-corrected chi connectivity index (χ3v) is 5.06. The van der Waals surface area contributed by atoms with Crippen molar-refractivity contribution >= 4 is 23.2 Å². The normalized spacial score (nSPS) is 12.8. The molecule has 0 fully saturated rings. The second kappa shape index (κ2) is 9.23. The molecule has 0 bridgehead atoms. The number of benzene rings is 1. The maximum Gasteiger partial charge on any atom is 0.238 e. The van der Waals surface area contributed by atoms with E-state index in [1.54, 1.807) is 17.6 Å². The Morgan fingerprint density at radius 3 is 3.13 bits per heavy atom. The molecular weight excluding hydrogens is 405 g/mol. The molecule has 0 spiro atoms. The van der Waals surface area contributed by atoms with Gasteiger partial charge in [-0.3, -0.25) is 9.69 Å². The molecule has 1 aromatic carbocycles. The number of amides is 1. The van der Waals surface area contributed by atoms with Crippen molar-refractivity contribution in [3.8, 4) is 5.75 Å². The Hall–Kier alpha value is -3.31. The van der Waals surface area contributed by atoms with Gasteiger partial charge in [0.05, 0.1) is 26.0 Å². The summed E-state index contributed by atoms with van der Waals surface area (Å²) in [5.41, 5.74) is 2.30. The van der Waals surface area contributed by atoms with Crippen LogP contribution in [0.1, 0.15) is 11.1 Å². The van der Waals surface area contributed by atoms with Gasteiger partial charge in [-0.05, 0) is 19.2 Å². The van der Waals surface area contributed by atoms with Gasteiger partial charge in [0, 0.05) is 37.7 Å². The highest BCUT2D eigenvalue weighted by Crippen LogP contribution is 2.30. The fraction of sp³-hybridized carbons (Fsp3) is 0.400. The Morgan fingerprint density at radius 2 is 2.29 bits per heavy atom. The van der Waals surface area contributed by atoms with E-state index in [0.29, 0.717) is 54.8 Å². The number of hydrogen-bond acceptors (Lipinski definition) is 8. The van der Waals surface area contributed by atoms with Gasteiger partial charge in [-0.1, -0.05) is 0 Å². The molecule has 10 nitrogen and oxygen atoms in total. The molecule has 3 heterocycles. The number of carbonyl (C=O) groups is 1. The maximum atomic E-state index is 14.4. The Balaban J connectivity index is 1.48. The summed E-state index contributed by atoms with van der Waals surface area (Å²) in [5, 5.41) is 14.0. The molecule has 0 atom stereocenters. The topological polar surface area (TPSA) is 106 Å². The summed E-state index contributed by atoms with van der Waals surface area (Å²) in [5.74, 6) is 0.659. The summed E-state index contributed by atoms with van der Waals surface area (Å²) in [6, 6.07) is 3.06. The Bertz CT molecular complexity index is 1090. The van der Waals surface area contributed by atoms with E-state index < -0.39 is 0 Å². The Kier molecular flexibility index (Phi) is 6.23. The first-order chi connectivity index (χ1) is 15.1. The number of rotatable bonds is 9. The van der Waals surface area contributed by atoms with Crippen molar-refractivity contribution in [1.29, 1.82) is 0 Å². The van der Waals surface area contributed by atoms with Crippen LogP contribution in [0.3, 0.4) is 0 Å². The average Bonchev–Trinajstić information content (AvgIpc) is 3.42. The Labute approximate surface area is 178 Å². The molecule has 2 aromatic heterocycles. The number of carbonyl (C=O) groups excluding carboxylic acids is 1. The predicted octanol–water partition coefficient (Wildman–Crippen LogP) is 1.33. The smallest absolute Gasteiger partial charge is 0.238 e. The molecule has 0 unspecified atom stereocenters. The lowest BCUT2D eigenvalue weighted by Crippen LogP contribution is -2.32. The zero-order valence-electron chi connectivity index (χ0n) is 17.4. The zero-order valence-corrected chi connectivity index (χ0v) is 17.4. The molecule has 0 saturated heterocycles. The predicted molar refractivity (Wildman–Crippen MR) is 112 cm³/mol. The van der Waals surface area contributed by atoms with Gasteiger partial charge in [0.15, 0.2) is 5.65 Å². The van der Waals surface area contributed by atoms with E-state index >= 15 is 0 Å². The molecule has 31 heavy (non-hydrogen) atoms. The fourth-order valence-corrected chi connectivity index (χ4v) is 3.47. The van der Waals surface area contributed by atoms with Crippen LogP contribution < -0.4 is 15.4 Å². The van der Waals surface area contributed by atoms with E-state index in [9.17, 15) is 9.18 Å². The molecule has 2 N–H and O–H groups in total. The molecule has 164 valence electrons. The molecule has 4 rings (SSSR count). The van der Waals surface area contributed by atoms with Crippen molar-refractivity contribution in [2.24, 2.45) is 0 Å². The number of methoxy groups -OCH3 is 1. The minimum Gasteiger partial charge on any atom is -0.493 e. The lowest BCUT2D eigenvalue weighted by atomic mass is 10.0. The van der Waals surface area contributed by atoms with Crippen LogP contribution in [0.2, 0.25) is 0 Å². The molecule has 0 saturated carbocycles. The monoisotopic (exact) mass is 429 g/mol. The third-order valence-electron chi connectivity index (χ3n) is 5.06. The Morgan fingerprint density at radius 1 is 1.42 bits per heavy atom. The van der Waals surface area contributed by atoms with E-state index in [0.717, 1.165) is 5.56 Å². The van der Waals surface area contributed by atoms with Crippen molar-refractivity contribution in [3.63, 3.8) is 0 Å². The standard InChI is InChI=1S/C20H24FN7O3/c1-27(6-8-30-2)11-18(29)25-16-10-23-20(28-12-24-26-19(16)28)22-9-14-13-5-7-31-17(13)4-3-15(14)21/h3-4,10,12H,5-9,11H2,1-2H3,(H,22,23)(H,25,29). The van der Waals surface area contributed by atoms with Gasteiger partial charge in [0.1, 0.15) is 23.6 Å². The van der Waals surface area contributed by atoms with Crippen LogP contribution in [-0.2, 0) is 22.5 Å². The van der Waals surface area contributed by atoms with Gasteiger partial charge >= 0.3 is 0 Å². The van der Waals surface area contributed by atoms with Crippen molar-refractivity contribution in [1.82, 2.24) is 24.5 Å². The quantitative estimate of drug-likeness (QED) is 0.525. The van der Waals surface area contributed by atoms with E-state index in [2.05, 4.69) is 25.8 Å². The van der Waals surface area contributed by atoms with E-state index in [1.165, 1.54) is 18.6 Å². The lowest BCUT2D eigenvalue weighted by molar-refractivity contribution is -0.117. The molecule has 0 radical (unpaired) electrons. The van der Waals surface area contributed by atoms with E-state index in [1.807, 2.05) is 11.9 Å². The number of aromatic nitrogens is 4. The van der Waals surface area contributed by atoms with Gasteiger partial charge in [-0.25, -0.2) is 13.8 Å². The van der Waals surface area contributed by atoms with Gasteiger partial charge < -0.3 is 20.1 Å². The first-order valence-electron chi connectivity index (χ1n) is 9.90. The highest BCUT2D eigenvalue weighted by molar-refractivity contribution is 5.95. The molecular formula is C20H24FN7O3. The number of halogens is 1. The molecule has 0 aliphatic carbocycles. The van der Waals surface area contributed by atoms with E-state index in [4.69, 9.17) is 9.47 Å². The van der Waals surface area contributed by atoms with Crippen LogP contribution in [0.4, 0.5) is 16.0 Å². The number of likely N-dealkylation sites (N-methyl/N-ethyl adjacent to an activating group) is 1. The van der Waals surface area contributed by atoms with Crippen LogP contribution in [0.15, 0.2) is 24.7 Å². The van der Waals surface area contributed by atoms with Crippen LogP contribution in [0.5, 0.6) is 5.75 Å². The SMILES string of the molecule is COCCN(C)CC(=O)Nc1cnc(NCc2c(F)ccc3c2CCO3)n2cnnc12. The minimum atomic E-state index is -0.293. The second-order valence-corrected chi connectivity index (χ2v) is 7.25. The van der Waals surface area contributed by atoms with Crippen LogP contribution in [0.25, 0.3) is 5.65 Å². The summed E-state index contributed by atoms with van der Waals surface area (Å²) >= 11 is 0. The number of nitrogens with zero attached hydrogens (tertiary/aromatic N) is 5.